The predicted molar refractivity (Wildman–Crippen MR) is 72.3 cm³/mol. The number of aryl methyl sites for hydroxylation is 1. The lowest BCUT2D eigenvalue weighted by Gasteiger charge is -2.02. The summed E-state index contributed by atoms with van der Waals surface area (Å²) in [6.07, 6.45) is 3.02. The van der Waals surface area contributed by atoms with E-state index in [2.05, 4.69) is 21.0 Å². The molecule has 0 aliphatic heterocycles. The van der Waals surface area contributed by atoms with Crippen LogP contribution in [0.2, 0.25) is 0 Å². The van der Waals surface area contributed by atoms with Crippen LogP contribution in [0.15, 0.2) is 29.7 Å². The van der Waals surface area contributed by atoms with Crippen molar-refractivity contribution in [3.8, 4) is 0 Å². The topological polar surface area (TPSA) is 86.9 Å². The summed E-state index contributed by atoms with van der Waals surface area (Å²) < 4.78 is 0. The smallest absolute Gasteiger partial charge is 0.282 e. The highest BCUT2D eigenvalue weighted by molar-refractivity contribution is 7.10. The SMILES string of the molecule is Cc1cc(C(=O)NNC(=O)/C=C/c2cccs2)n[nH]1. The highest BCUT2D eigenvalue weighted by atomic mass is 32.1. The molecule has 2 amide bonds. The van der Waals surface area contributed by atoms with Crippen LogP contribution in [0.4, 0.5) is 0 Å². The van der Waals surface area contributed by atoms with E-state index in [4.69, 9.17) is 0 Å². The standard InChI is InChI=1S/C12H12N4O2S/c1-8-7-10(14-13-8)12(18)16-15-11(17)5-4-9-3-2-6-19-9/h2-7H,1H3,(H,13,14)(H,15,17)(H,16,18)/b5-4+. The van der Waals surface area contributed by atoms with E-state index in [-0.39, 0.29) is 5.69 Å². The molecule has 0 saturated carbocycles. The highest BCUT2D eigenvalue weighted by Gasteiger charge is 2.08. The first-order chi connectivity index (χ1) is 9.15. The zero-order valence-corrected chi connectivity index (χ0v) is 11.0. The number of H-pyrrole nitrogens is 1. The Kier molecular flexibility index (Phi) is 4.09. The fourth-order valence-corrected chi connectivity index (χ4v) is 1.92. The average Bonchev–Trinajstić information content (AvgIpc) is 3.04. The van der Waals surface area contributed by atoms with Gasteiger partial charge in [-0.3, -0.25) is 25.5 Å². The van der Waals surface area contributed by atoms with E-state index in [0.29, 0.717) is 0 Å². The summed E-state index contributed by atoms with van der Waals surface area (Å²) in [5.41, 5.74) is 5.55. The van der Waals surface area contributed by atoms with Gasteiger partial charge in [0.2, 0.25) is 0 Å². The number of carbonyl (C=O) groups excluding carboxylic acids is 2. The van der Waals surface area contributed by atoms with Crippen LogP contribution in [0.25, 0.3) is 6.08 Å². The Balaban J connectivity index is 1.82. The van der Waals surface area contributed by atoms with Gasteiger partial charge in [-0.1, -0.05) is 6.07 Å². The van der Waals surface area contributed by atoms with Gasteiger partial charge in [0.25, 0.3) is 11.8 Å². The molecule has 3 N–H and O–H groups in total. The maximum atomic E-state index is 11.6. The van der Waals surface area contributed by atoms with Crippen LogP contribution >= 0.6 is 11.3 Å². The van der Waals surface area contributed by atoms with Crippen LogP contribution in [0.5, 0.6) is 0 Å². The number of hydrogen-bond donors (Lipinski definition) is 3. The Morgan fingerprint density at radius 2 is 2.26 bits per heavy atom. The van der Waals surface area contributed by atoms with Gasteiger partial charge in [0.1, 0.15) is 0 Å². The Labute approximate surface area is 113 Å². The monoisotopic (exact) mass is 276 g/mol. The Morgan fingerprint density at radius 1 is 1.42 bits per heavy atom. The Morgan fingerprint density at radius 3 is 2.89 bits per heavy atom. The molecule has 0 fully saturated rings. The van der Waals surface area contributed by atoms with Gasteiger partial charge in [0.05, 0.1) is 0 Å². The molecule has 0 aliphatic rings. The van der Waals surface area contributed by atoms with Crippen LogP contribution in [-0.4, -0.2) is 22.0 Å². The van der Waals surface area contributed by atoms with Crippen LogP contribution in [-0.2, 0) is 4.79 Å². The lowest BCUT2D eigenvalue weighted by molar-refractivity contribution is -0.117. The number of thiophene rings is 1. The molecule has 2 aromatic rings. The van der Waals surface area contributed by atoms with Gasteiger partial charge in [0.15, 0.2) is 5.69 Å². The highest BCUT2D eigenvalue weighted by Crippen LogP contribution is 2.09. The van der Waals surface area contributed by atoms with Crippen molar-refractivity contribution >= 4 is 29.2 Å². The first-order valence-electron chi connectivity index (χ1n) is 5.49. The average molecular weight is 276 g/mol. The molecule has 0 radical (unpaired) electrons. The third-order valence-corrected chi connectivity index (χ3v) is 3.02. The number of nitrogens with one attached hydrogen (secondary N) is 3. The lowest BCUT2D eigenvalue weighted by Crippen LogP contribution is -2.40. The van der Waals surface area contributed by atoms with Crippen molar-refractivity contribution in [2.45, 2.75) is 6.92 Å². The number of hydrazine groups is 1. The summed E-state index contributed by atoms with van der Waals surface area (Å²) in [4.78, 5) is 24.0. The normalized spacial score (nSPS) is 10.6. The molecule has 0 aliphatic carbocycles. The minimum Gasteiger partial charge on any atom is -0.282 e. The number of aromatic amines is 1. The van der Waals surface area contributed by atoms with Gasteiger partial charge in [-0.15, -0.1) is 11.3 Å². The molecule has 2 rings (SSSR count). The summed E-state index contributed by atoms with van der Waals surface area (Å²) in [5.74, 6) is -0.878. The quantitative estimate of drug-likeness (QED) is 0.582. The summed E-state index contributed by atoms with van der Waals surface area (Å²) in [6, 6.07) is 5.37. The van der Waals surface area contributed by atoms with Gasteiger partial charge in [-0.05, 0) is 30.5 Å². The van der Waals surface area contributed by atoms with Gasteiger partial charge in [0, 0.05) is 16.6 Å². The number of carbonyl (C=O) groups is 2. The summed E-state index contributed by atoms with van der Waals surface area (Å²) in [6.45, 7) is 1.78. The molecule has 0 bridgehead atoms. The Hall–Kier alpha value is -2.41. The van der Waals surface area contributed by atoms with E-state index in [1.165, 1.54) is 17.4 Å². The molecule has 0 atom stereocenters. The molecular weight excluding hydrogens is 264 g/mol. The number of amides is 2. The molecule has 7 heteroatoms. The van der Waals surface area contributed by atoms with E-state index in [1.807, 2.05) is 17.5 Å². The lowest BCUT2D eigenvalue weighted by atomic mass is 10.3. The molecule has 98 valence electrons. The second kappa shape index (κ2) is 5.96. The number of rotatable bonds is 3. The minimum absolute atomic E-state index is 0.222. The second-order valence-electron chi connectivity index (χ2n) is 3.73. The van der Waals surface area contributed by atoms with Crippen LogP contribution in [0.1, 0.15) is 21.1 Å². The maximum absolute atomic E-state index is 11.6. The third kappa shape index (κ3) is 3.78. The van der Waals surface area contributed by atoms with Crippen molar-refractivity contribution in [1.29, 1.82) is 0 Å². The summed E-state index contributed by atoms with van der Waals surface area (Å²) in [7, 11) is 0. The predicted octanol–water partition coefficient (Wildman–Crippen LogP) is 1.25. The fourth-order valence-electron chi connectivity index (χ4n) is 1.30. The van der Waals surface area contributed by atoms with E-state index >= 15 is 0 Å². The van der Waals surface area contributed by atoms with Crippen LogP contribution in [0, 0.1) is 6.92 Å². The largest absolute Gasteiger partial charge is 0.290 e. The third-order valence-electron chi connectivity index (χ3n) is 2.18. The molecule has 0 aromatic carbocycles. The number of aromatic nitrogens is 2. The summed E-state index contributed by atoms with van der Waals surface area (Å²) in [5, 5.41) is 8.34. The van der Waals surface area contributed by atoms with Crippen molar-refractivity contribution in [3.63, 3.8) is 0 Å². The van der Waals surface area contributed by atoms with Gasteiger partial charge in [-0.2, -0.15) is 5.10 Å². The molecule has 19 heavy (non-hydrogen) atoms. The second-order valence-corrected chi connectivity index (χ2v) is 4.71. The van der Waals surface area contributed by atoms with Crippen molar-refractivity contribution in [3.05, 3.63) is 45.9 Å². The zero-order valence-electron chi connectivity index (χ0n) is 10.1. The fraction of sp³-hybridized carbons (Fsp3) is 0.0833. The van der Waals surface area contributed by atoms with Crippen molar-refractivity contribution in [1.82, 2.24) is 21.0 Å². The van der Waals surface area contributed by atoms with E-state index in [1.54, 1.807) is 19.1 Å². The maximum Gasteiger partial charge on any atom is 0.290 e. The van der Waals surface area contributed by atoms with Gasteiger partial charge >= 0.3 is 0 Å². The van der Waals surface area contributed by atoms with E-state index < -0.39 is 11.8 Å². The molecule has 0 saturated heterocycles. The van der Waals surface area contributed by atoms with Crippen molar-refractivity contribution in [2.75, 3.05) is 0 Å². The molecule has 2 aromatic heterocycles. The van der Waals surface area contributed by atoms with E-state index in [9.17, 15) is 9.59 Å². The molecule has 0 spiro atoms. The summed E-state index contributed by atoms with van der Waals surface area (Å²) >= 11 is 1.52. The van der Waals surface area contributed by atoms with Crippen molar-refractivity contribution < 1.29 is 9.59 Å². The molecular formula is C12H12N4O2S. The molecule has 2 heterocycles. The Bertz CT molecular complexity index is 601. The first kappa shape index (κ1) is 13.0. The first-order valence-corrected chi connectivity index (χ1v) is 6.37. The van der Waals surface area contributed by atoms with Gasteiger partial charge < -0.3 is 0 Å². The molecule has 0 unspecified atom stereocenters. The zero-order chi connectivity index (χ0) is 13.7. The number of nitrogens with zero attached hydrogens (tertiary/aromatic N) is 1. The van der Waals surface area contributed by atoms with Crippen molar-refractivity contribution in [2.24, 2.45) is 0 Å². The van der Waals surface area contributed by atoms with Crippen LogP contribution in [0.3, 0.4) is 0 Å². The van der Waals surface area contributed by atoms with E-state index in [0.717, 1.165) is 10.6 Å². The molecule has 6 nitrogen and oxygen atoms in total. The number of hydrogen-bond acceptors (Lipinski definition) is 4. The van der Waals surface area contributed by atoms with Crippen LogP contribution < -0.4 is 10.9 Å². The van der Waals surface area contributed by atoms with Gasteiger partial charge in [-0.25, -0.2) is 0 Å². The minimum atomic E-state index is -0.470.